The van der Waals surface area contributed by atoms with Crippen LogP contribution in [-0.4, -0.2) is 47.8 Å². The largest absolute Gasteiger partial charge is 0.535 e. The maximum Gasteiger partial charge on any atom is 0.535 e. The van der Waals surface area contributed by atoms with Gasteiger partial charge in [0, 0.05) is 11.8 Å². The fourth-order valence-electron chi connectivity index (χ4n) is 2.72. The van der Waals surface area contributed by atoms with Crippen molar-refractivity contribution in [2.45, 2.75) is 45.7 Å². The van der Waals surface area contributed by atoms with Gasteiger partial charge >= 0.3 is 11.8 Å². The van der Waals surface area contributed by atoms with Crippen molar-refractivity contribution in [2.75, 3.05) is 19.0 Å². The molecule has 2 unspecified atom stereocenters. The molecule has 0 aromatic carbocycles. The third-order valence-corrected chi connectivity index (χ3v) is 5.31. The van der Waals surface area contributed by atoms with E-state index in [4.69, 9.17) is 9.15 Å². The molecular weight excluding hydrogens is 438 g/mol. The number of hydrogen-bond acceptors (Lipinski definition) is 10. The van der Waals surface area contributed by atoms with Crippen LogP contribution < -0.4 is 15.7 Å². The predicted octanol–water partition coefficient (Wildman–Crippen LogP) is 3.22. The van der Waals surface area contributed by atoms with E-state index in [1.807, 2.05) is 6.92 Å². The van der Waals surface area contributed by atoms with Crippen molar-refractivity contribution in [1.82, 2.24) is 5.32 Å². The first kappa shape index (κ1) is 25.2. The molecule has 174 valence electrons. The normalized spacial score (nSPS) is 16.7. The van der Waals surface area contributed by atoms with Crippen molar-refractivity contribution in [3.8, 4) is 5.75 Å². The Morgan fingerprint density at radius 1 is 1.44 bits per heavy atom. The van der Waals surface area contributed by atoms with E-state index in [1.54, 1.807) is 26.0 Å². The minimum atomic E-state index is -0.909. The van der Waals surface area contributed by atoms with Crippen LogP contribution in [0.15, 0.2) is 44.1 Å². The lowest BCUT2D eigenvalue weighted by Gasteiger charge is -2.19. The number of carbonyl (C=O) groups is 2. The molecule has 1 aliphatic heterocycles. The van der Waals surface area contributed by atoms with Crippen molar-refractivity contribution in [2.24, 2.45) is 10.1 Å². The number of aliphatic imine (C=N–C) groups is 1. The lowest BCUT2D eigenvalue weighted by molar-refractivity contribution is -0.122. The van der Waals surface area contributed by atoms with Crippen LogP contribution in [0.3, 0.4) is 0 Å². The standard InChI is InChI=1S/C21H27N3O7S/c1-5-8-15(17-10-14(29-9-6-2)11-18(25)30-17)22-19(26)16-12-32-20(23-16)13(4)24-31-21(27)28-7-3/h6,10-11,15-16H,2,5,7-9,12H2,1,3-4H3,(H,22,26)/b24-13+. The van der Waals surface area contributed by atoms with Crippen molar-refractivity contribution < 1.29 is 28.3 Å². The summed E-state index contributed by atoms with van der Waals surface area (Å²) < 4.78 is 15.4. The van der Waals surface area contributed by atoms with Gasteiger partial charge in [-0.1, -0.05) is 31.2 Å². The van der Waals surface area contributed by atoms with Gasteiger partial charge in [-0.05, 0) is 20.3 Å². The lowest BCUT2D eigenvalue weighted by Crippen LogP contribution is -2.37. The molecule has 1 amide bonds. The smallest absolute Gasteiger partial charge is 0.489 e. The van der Waals surface area contributed by atoms with Gasteiger partial charge in [0.15, 0.2) is 0 Å². The Kier molecular flexibility index (Phi) is 9.99. The summed E-state index contributed by atoms with van der Waals surface area (Å²) in [4.78, 5) is 45.0. The number of oxime groups is 1. The van der Waals surface area contributed by atoms with E-state index in [1.165, 1.54) is 17.8 Å². The molecule has 11 heteroatoms. The number of rotatable bonds is 11. The highest BCUT2D eigenvalue weighted by Gasteiger charge is 2.29. The average molecular weight is 466 g/mol. The molecule has 32 heavy (non-hydrogen) atoms. The summed E-state index contributed by atoms with van der Waals surface area (Å²) >= 11 is 1.33. The van der Waals surface area contributed by atoms with Gasteiger partial charge in [-0.15, -0.1) is 11.8 Å². The maximum atomic E-state index is 12.8. The summed E-state index contributed by atoms with van der Waals surface area (Å²) in [5.41, 5.74) is -0.205. The van der Waals surface area contributed by atoms with Gasteiger partial charge in [0.05, 0.1) is 18.7 Å². The average Bonchev–Trinajstić information content (AvgIpc) is 3.26. The summed E-state index contributed by atoms with van der Waals surface area (Å²) in [6.07, 6.45) is 1.96. The van der Waals surface area contributed by atoms with Gasteiger partial charge in [0.1, 0.15) is 34.9 Å². The molecule has 2 rings (SSSR count). The van der Waals surface area contributed by atoms with E-state index < -0.39 is 23.9 Å². The third kappa shape index (κ3) is 7.56. The summed E-state index contributed by atoms with van der Waals surface area (Å²) in [5, 5.41) is 7.08. The molecule has 1 aliphatic rings. The van der Waals surface area contributed by atoms with Crippen molar-refractivity contribution in [3.05, 3.63) is 41.0 Å². The first-order valence-corrected chi connectivity index (χ1v) is 11.1. The Labute approximate surface area is 190 Å². The summed E-state index contributed by atoms with van der Waals surface area (Å²) in [6.45, 7) is 9.22. The minimum Gasteiger partial charge on any atom is -0.489 e. The van der Waals surface area contributed by atoms with E-state index in [0.717, 1.165) is 6.42 Å². The number of nitrogens with zero attached hydrogens (tertiary/aromatic N) is 2. The van der Waals surface area contributed by atoms with Gasteiger partial charge in [0.25, 0.3) is 0 Å². The topological polar surface area (TPSA) is 129 Å². The minimum absolute atomic E-state index is 0.174. The highest BCUT2D eigenvalue weighted by molar-refractivity contribution is 8.16. The van der Waals surface area contributed by atoms with E-state index in [0.29, 0.717) is 34.4 Å². The van der Waals surface area contributed by atoms with Crippen LogP contribution in [0, 0.1) is 0 Å². The Morgan fingerprint density at radius 3 is 2.91 bits per heavy atom. The van der Waals surface area contributed by atoms with Gasteiger partial charge in [-0.2, -0.15) is 0 Å². The molecule has 0 radical (unpaired) electrons. The van der Waals surface area contributed by atoms with Crippen molar-refractivity contribution >= 4 is 34.6 Å². The lowest BCUT2D eigenvalue weighted by atomic mass is 10.1. The fraction of sp³-hybridized carbons (Fsp3) is 0.476. The molecule has 2 heterocycles. The third-order valence-electron chi connectivity index (χ3n) is 4.15. The van der Waals surface area contributed by atoms with Crippen LogP contribution in [0.25, 0.3) is 0 Å². The zero-order valence-corrected chi connectivity index (χ0v) is 19.1. The van der Waals surface area contributed by atoms with Crippen LogP contribution in [0.2, 0.25) is 0 Å². The summed E-state index contributed by atoms with van der Waals surface area (Å²) in [5.74, 6) is 0.739. The van der Waals surface area contributed by atoms with Crippen LogP contribution in [0.5, 0.6) is 5.75 Å². The summed E-state index contributed by atoms with van der Waals surface area (Å²) in [6, 6.07) is 1.66. The molecule has 1 N–H and O–H groups in total. The molecule has 1 aromatic heterocycles. The van der Waals surface area contributed by atoms with Gasteiger partial charge < -0.3 is 19.2 Å². The maximum absolute atomic E-state index is 12.8. The van der Waals surface area contributed by atoms with Crippen molar-refractivity contribution in [3.63, 3.8) is 0 Å². The van der Waals surface area contributed by atoms with Crippen molar-refractivity contribution in [1.29, 1.82) is 0 Å². The first-order valence-electron chi connectivity index (χ1n) is 10.2. The van der Waals surface area contributed by atoms with Crippen LogP contribution in [-0.2, 0) is 14.4 Å². The molecule has 0 aliphatic carbocycles. The predicted molar refractivity (Wildman–Crippen MR) is 121 cm³/mol. The van der Waals surface area contributed by atoms with Gasteiger partial charge in [0.2, 0.25) is 5.91 Å². The second-order valence-electron chi connectivity index (χ2n) is 6.68. The van der Waals surface area contributed by atoms with Crippen LogP contribution in [0.1, 0.15) is 45.4 Å². The fourth-order valence-corrected chi connectivity index (χ4v) is 3.71. The Hall–Kier alpha value is -3.08. The number of carbonyl (C=O) groups excluding carboxylic acids is 2. The van der Waals surface area contributed by atoms with Gasteiger partial charge in [-0.3, -0.25) is 14.6 Å². The van der Waals surface area contributed by atoms with E-state index in [-0.39, 0.29) is 19.1 Å². The number of hydrogen-bond donors (Lipinski definition) is 1. The van der Waals surface area contributed by atoms with E-state index >= 15 is 0 Å². The number of thioether (sulfide) groups is 1. The highest BCUT2D eigenvalue weighted by atomic mass is 32.2. The molecule has 0 saturated carbocycles. The number of nitrogens with one attached hydrogen (secondary N) is 1. The zero-order valence-electron chi connectivity index (χ0n) is 18.3. The van der Waals surface area contributed by atoms with E-state index in [2.05, 4.69) is 31.6 Å². The molecule has 1 aromatic rings. The van der Waals surface area contributed by atoms with Crippen LogP contribution in [0.4, 0.5) is 4.79 Å². The van der Waals surface area contributed by atoms with E-state index in [9.17, 15) is 14.4 Å². The summed E-state index contributed by atoms with van der Waals surface area (Å²) in [7, 11) is 0. The molecule has 0 bridgehead atoms. The quantitative estimate of drug-likeness (QED) is 0.173. The molecule has 0 fully saturated rings. The number of ether oxygens (including phenoxy) is 2. The molecular formula is C21H27N3O7S. The Balaban J connectivity index is 2.09. The number of amides is 1. The highest BCUT2D eigenvalue weighted by Crippen LogP contribution is 2.24. The monoisotopic (exact) mass is 465 g/mol. The Morgan fingerprint density at radius 2 is 2.22 bits per heavy atom. The first-order chi connectivity index (χ1) is 15.4. The molecule has 0 saturated heterocycles. The van der Waals surface area contributed by atoms with Gasteiger partial charge in [-0.25, -0.2) is 9.59 Å². The molecule has 2 atom stereocenters. The molecule has 10 nitrogen and oxygen atoms in total. The SMILES string of the molecule is C=CCOc1cc(C(CCC)NC(=O)C2CSC(/C(C)=N/OC(=O)OCC)=N2)oc(=O)c1. The second kappa shape index (κ2) is 12.7. The van der Waals surface area contributed by atoms with Crippen LogP contribution >= 0.6 is 11.8 Å². The second-order valence-corrected chi connectivity index (χ2v) is 7.68. The Bertz CT molecular complexity index is 942. The zero-order chi connectivity index (χ0) is 23.5. The molecule has 0 spiro atoms.